The van der Waals surface area contributed by atoms with E-state index in [4.69, 9.17) is 18.9 Å². The van der Waals surface area contributed by atoms with Crippen LogP contribution in [-0.4, -0.2) is 52.3 Å². The van der Waals surface area contributed by atoms with Crippen molar-refractivity contribution in [3.8, 4) is 22.3 Å². The topological polar surface area (TPSA) is 105 Å². The summed E-state index contributed by atoms with van der Waals surface area (Å²) in [6, 6.07) is 31.9. The van der Waals surface area contributed by atoms with Crippen molar-refractivity contribution >= 4 is 23.9 Å². The predicted octanol–water partition coefficient (Wildman–Crippen LogP) is 6.82. The highest BCUT2D eigenvalue weighted by Gasteiger charge is 2.69. The number of carbonyl (C=O) groups excluding carboxylic acids is 4. The molecule has 0 saturated heterocycles. The first-order chi connectivity index (χ1) is 23.1. The Bertz CT molecular complexity index is 1740. The molecule has 0 N–H and O–H groups in total. The summed E-state index contributed by atoms with van der Waals surface area (Å²) in [7, 11) is 4.64. The summed E-state index contributed by atoms with van der Waals surface area (Å²) in [6.45, 7) is 4.05. The number of hydrogen-bond donors (Lipinski definition) is 0. The van der Waals surface area contributed by atoms with Gasteiger partial charge in [-0.05, 0) is 65.5 Å². The van der Waals surface area contributed by atoms with Gasteiger partial charge in [0.05, 0.1) is 28.4 Å². The normalized spacial score (nSPS) is 18.2. The summed E-state index contributed by atoms with van der Waals surface area (Å²) < 4.78 is 20.7. The van der Waals surface area contributed by atoms with Crippen molar-refractivity contribution in [2.45, 2.75) is 32.1 Å². The molecule has 1 fully saturated rings. The molecule has 4 aromatic carbocycles. The summed E-state index contributed by atoms with van der Waals surface area (Å²) in [4.78, 5) is 54.9. The van der Waals surface area contributed by atoms with Crippen LogP contribution in [0.4, 0.5) is 0 Å². The zero-order valence-corrected chi connectivity index (χ0v) is 28.0. The molecular formula is C40H40O8. The third-order valence-electron chi connectivity index (χ3n) is 9.70. The number of esters is 4. The molecule has 248 valence electrons. The molecule has 0 aliphatic heterocycles. The second kappa shape index (κ2) is 14.3. The molecule has 0 unspecified atom stereocenters. The van der Waals surface area contributed by atoms with Gasteiger partial charge in [0.25, 0.3) is 0 Å². The van der Waals surface area contributed by atoms with Gasteiger partial charge in [-0.3, -0.25) is 19.2 Å². The van der Waals surface area contributed by atoms with Crippen LogP contribution < -0.4 is 0 Å². The lowest BCUT2D eigenvalue weighted by atomic mass is 9.66. The Kier molecular flexibility index (Phi) is 10.1. The van der Waals surface area contributed by atoms with Gasteiger partial charge in [-0.1, -0.05) is 108 Å². The van der Waals surface area contributed by atoms with Crippen LogP contribution in [-0.2, 0) is 38.1 Å². The molecule has 48 heavy (non-hydrogen) atoms. The van der Waals surface area contributed by atoms with E-state index in [9.17, 15) is 19.2 Å². The van der Waals surface area contributed by atoms with Gasteiger partial charge in [-0.15, -0.1) is 0 Å². The first-order valence-corrected chi connectivity index (χ1v) is 15.8. The van der Waals surface area contributed by atoms with E-state index in [0.29, 0.717) is 0 Å². The molecule has 0 heterocycles. The zero-order chi connectivity index (χ0) is 34.6. The summed E-state index contributed by atoms with van der Waals surface area (Å²) >= 11 is 0. The predicted molar refractivity (Wildman–Crippen MR) is 181 cm³/mol. The van der Waals surface area contributed by atoms with Crippen molar-refractivity contribution in [3.05, 3.63) is 119 Å². The van der Waals surface area contributed by atoms with Crippen LogP contribution >= 0.6 is 0 Å². The third kappa shape index (κ3) is 6.22. The van der Waals surface area contributed by atoms with Gasteiger partial charge in [-0.2, -0.15) is 0 Å². The summed E-state index contributed by atoms with van der Waals surface area (Å²) in [6.07, 6.45) is -0.0875. The van der Waals surface area contributed by atoms with Crippen LogP contribution in [0.2, 0.25) is 0 Å². The number of ether oxygens (including phenoxy) is 4. The first kappa shape index (κ1) is 34.1. The molecule has 1 aliphatic rings. The fraction of sp³-hybridized carbons (Fsp3) is 0.300. The minimum absolute atomic E-state index is 0.0875. The molecule has 0 radical (unpaired) electrons. The maximum atomic E-state index is 13.9. The molecule has 0 amide bonds. The highest BCUT2D eigenvalue weighted by Crippen LogP contribution is 2.62. The maximum Gasteiger partial charge on any atom is 0.323 e. The van der Waals surface area contributed by atoms with Crippen molar-refractivity contribution in [3.63, 3.8) is 0 Å². The summed E-state index contributed by atoms with van der Waals surface area (Å²) in [5, 5.41) is 0. The van der Waals surface area contributed by atoms with Gasteiger partial charge in [0.15, 0.2) is 11.3 Å². The second-order valence-corrected chi connectivity index (χ2v) is 12.3. The lowest BCUT2D eigenvalue weighted by Crippen LogP contribution is -2.51. The van der Waals surface area contributed by atoms with Crippen molar-refractivity contribution in [2.75, 3.05) is 28.4 Å². The molecule has 5 rings (SSSR count). The van der Waals surface area contributed by atoms with Gasteiger partial charge in [-0.25, -0.2) is 0 Å². The summed E-state index contributed by atoms with van der Waals surface area (Å²) in [5.41, 5.74) is 5.77. The standard InChI is InChI=1S/C40H40O8/c1-24-7-11-26(12-8-24)28-15-19-30(20-16-28)32-23-40(38(43)47-5,39(44)48-6)35(34(36(41)45-3)37(42)46-4)33(32)31-21-17-29(18-22-31)27-13-9-25(2)10-14-27/h7-22,32-35H,23H2,1-6H3/t32-,33-,35-/m0/s1. The molecular weight excluding hydrogens is 608 g/mol. The quantitative estimate of drug-likeness (QED) is 0.111. The number of rotatable bonds is 9. The van der Waals surface area contributed by atoms with Crippen LogP contribution in [0.5, 0.6) is 0 Å². The Hall–Kier alpha value is -5.24. The van der Waals surface area contributed by atoms with E-state index in [2.05, 4.69) is 0 Å². The molecule has 4 aromatic rings. The Morgan fingerprint density at radius 2 is 0.896 bits per heavy atom. The fourth-order valence-electron chi connectivity index (χ4n) is 7.27. The number of benzene rings is 4. The van der Waals surface area contributed by atoms with Gasteiger partial charge in [0, 0.05) is 5.92 Å². The largest absolute Gasteiger partial charge is 0.468 e. The number of methoxy groups -OCH3 is 4. The van der Waals surface area contributed by atoms with E-state index in [1.165, 1.54) is 14.2 Å². The summed E-state index contributed by atoms with van der Waals surface area (Å²) in [5.74, 6) is -7.83. The minimum Gasteiger partial charge on any atom is -0.468 e. The minimum atomic E-state index is -2.04. The molecule has 3 atom stereocenters. The molecule has 8 nitrogen and oxygen atoms in total. The highest BCUT2D eigenvalue weighted by molar-refractivity contribution is 6.04. The van der Waals surface area contributed by atoms with Crippen LogP contribution in [0, 0.1) is 31.1 Å². The number of aryl methyl sites for hydroxylation is 2. The van der Waals surface area contributed by atoms with Crippen molar-refractivity contribution < 1.29 is 38.1 Å². The Balaban J connectivity index is 1.73. The van der Waals surface area contributed by atoms with E-state index in [0.717, 1.165) is 58.7 Å². The smallest absolute Gasteiger partial charge is 0.323 e. The number of carbonyl (C=O) groups is 4. The van der Waals surface area contributed by atoms with Crippen LogP contribution in [0.3, 0.4) is 0 Å². The SMILES string of the molecule is COC(=O)C(C(=O)OC)[C@@H]1[C@@H](c2ccc(-c3ccc(C)cc3)cc2)[C@H](c2ccc(-c3ccc(C)cc3)cc2)CC1(C(=O)OC)C(=O)OC. The fourth-order valence-corrected chi connectivity index (χ4v) is 7.27. The lowest BCUT2D eigenvalue weighted by molar-refractivity contribution is -0.178. The van der Waals surface area contributed by atoms with E-state index in [1.807, 2.05) is 111 Å². The monoisotopic (exact) mass is 648 g/mol. The molecule has 0 spiro atoms. The van der Waals surface area contributed by atoms with Gasteiger partial charge >= 0.3 is 23.9 Å². The van der Waals surface area contributed by atoms with Crippen molar-refractivity contribution in [1.29, 1.82) is 0 Å². The van der Waals surface area contributed by atoms with Crippen molar-refractivity contribution in [2.24, 2.45) is 17.3 Å². The zero-order valence-electron chi connectivity index (χ0n) is 28.0. The Morgan fingerprint density at radius 3 is 1.25 bits per heavy atom. The van der Waals surface area contributed by atoms with Crippen molar-refractivity contribution in [1.82, 2.24) is 0 Å². The van der Waals surface area contributed by atoms with Gasteiger partial charge < -0.3 is 18.9 Å². The van der Waals surface area contributed by atoms with Gasteiger partial charge in [0.2, 0.25) is 0 Å². The Morgan fingerprint density at radius 1 is 0.542 bits per heavy atom. The van der Waals surface area contributed by atoms with Crippen LogP contribution in [0.25, 0.3) is 22.3 Å². The first-order valence-electron chi connectivity index (χ1n) is 15.8. The maximum absolute atomic E-state index is 13.9. The number of hydrogen-bond acceptors (Lipinski definition) is 8. The highest BCUT2D eigenvalue weighted by atomic mass is 16.6. The average molecular weight is 649 g/mol. The van der Waals surface area contributed by atoms with E-state index >= 15 is 0 Å². The lowest BCUT2D eigenvalue weighted by Gasteiger charge is -2.36. The second-order valence-electron chi connectivity index (χ2n) is 12.3. The molecule has 8 heteroatoms. The van der Waals surface area contributed by atoms with E-state index in [1.54, 1.807) is 0 Å². The molecule has 1 saturated carbocycles. The average Bonchev–Trinajstić information content (AvgIpc) is 3.48. The van der Waals surface area contributed by atoms with Crippen LogP contribution in [0.1, 0.15) is 40.5 Å². The van der Waals surface area contributed by atoms with Gasteiger partial charge in [0.1, 0.15) is 0 Å². The van der Waals surface area contributed by atoms with E-state index < -0.39 is 53.0 Å². The van der Waals surface area contributed by atoms with E-state index in [-0.39, 0.29) is 6.42 Å². The Labute approximate surface area is 281 Å². The molecule has 0 aromatic heterocycles. The molecule has 1 aliphatic carbocycles. The molecule has 0 bridgehead atoms. The third-order valence-corrected chi connectivity index (χ3v) is 9.70. The van der Waals surface area contributed by atoms with Crippen LogP contribution in [0.15, 0.2) is 97.1 Å².